The third kappa shape index (κ3) is 12.1. The van der Waals surface area contributed by atoms with Gasteiger partial charge in [0, 0.05) is 6.07 Å². The smallest absolute Gasteiger partial charge is 0.309 e. The van der Waals surface area contributed by atoms with Crippen LogP contribution in [0.3, 0.4) is 0 Å². The molecule has 0 amide bonds. The molecule has 29 heavy (non-hydrogen) atoms. The summed E-state index contributed by atoms with van der Waals surface area (Å²) in [5.74, 6) is 0.272. The van der Waals surface area contributed by atoms with Crippen molar-refractivity contribution in [1.82, 2.24) is 10.3 Å². The molecule has 0 saturated carbocycles. The van der Waals surface area contributed by atoms with E-state index in [0.717, 1.165) is 31.7 Å². The van der Waals surface area contributed by atoms with Crippen LogP contribution < -0.4 is 14.8 Å². The lowest BCUT2D eigenvalue weighted by molar-refractivity contribution is -0.143. The van der Waals surface area contributed by atoms with Gasteiger partial charge in [-0.15, -0.1) is 0 Å². The number of pyridine rings is 1. The second-order valence-electron chi connectivity index (χ2n) is 7.47. The maximum atomic E-state index is 10.2. The van der Waals surface area contributed by atoms with Crippen LogP contribution in [0.25, 0.3) is 0 Å². The minimum absolute atomic E-state index is 0.231. The summed E-state index contributed by atoms with van der Waals surface area (Å²) in [6, 6.07) is 3.73. The molecule has 0 radical (unpaired) electrons. The van der Waals surface area contributed by atoms with Crippen molar-refractivity contribution in [1.29, 1.82) is 0 Å². The summed E-state index contributed by atoms with van der Waals surface area (Å²) in [7, 11) is 1.61. The highest BCUT2D eigenvalue weighted by molar-refractivity contribution is 5.70. The fraction of sp³-hybridized carbons (Fsp3) is 0.636. The van der Waals surface area contributed by atoms with Crippen LogP contribution in [0.2, 0.25) is 0 Å². The first-order chi connectivity index (χ1) is 13.6. The van der Waals surface area contributed by atoms with E-state index < -0.39 is 18.0 Å². The second-order valence-corrected chi connectivity index (χ2v) is 7.47. The Balaban J connectivity index is 0.000000665. The van der Waals surface area contributed by atoms with Crippen molar-refractivity contribution >= 4 is 5.97 Å². The fourth-order valence-electron chi connectivity index (χ4n) is 2.50. The molecule has 0 saturated heterocycles. The molecule has 7 nitrogen and oxygen atoms in total. The van der Waals surface area contributed by atoms with Crippen LogP contribution in [0, 0.1) is 11.8 Å². The van der Waals surface area contributed by atoms with E-state index in [2.05, 4.69) is 37.7 Å². The van der Waals surface area contributed by atoms with E-state index in [-0.39, 0.29) is 6.10 Å². The van der Waals surface area contributed by atoms with E-state index in [1.165, 1.54) is 6.92 Å². The zero-order chi connectivity index (χ0) is 22.4. The quantitative estimate of drug-likeness (QED) is 0.358. The van der Waals surface area contributed by atoms with E-state index in [1.54, 1.807) is 20.2 Å². The second kappa shape index (κ2) is 14.8. The molecule has 1 rings (SSSR count). The number of carboxylic acids is 1. The number of nitrogens with zero attached hydrogens (tertiary/aromatic N) is 1. The van der Waals surface area contributed by atoms with E-state index in [1.807, 2.05) is 12.1 Å². The Morgan fingerprint density at radius 3 is 2.34 bits per heavy atom. The van der Waals surface area contributed by atoms with Gasteiger partial charge < -0.3 is 25.0 Å². The first-order valence-corrected chi connectivity index (χ1v) is 10.1. The molecule has 7 heteroatoms. The third-order valence-electron chi connectivity index (χ3n) is 4.22. The number of aliphatic hydroxyl groups is 1. The Kier molecular flexibility index (Phi) is 13.7. The van der Waals surface area contributed by atoms with Gasteiger partial charge in [-0.3, -0.25) is 4.79 Å². The van der Waals surface area contributed by atoms with Crippen molar-refractivity contribution in [3.8, 4) is 11.6 Å². The largest absolute Gasteiger partial charge is 0.489 e. The molecule has 1 heterocycles. The third-order valence-corrected chi connectivity index (χ3v) is 4.22. The van der Waals surface area contributed by atoms with Crippen LogP contribution in [-0.4, -0.2) is 53.6 Å². The Bertz CT molecular complexity index is 571. The summed E-state index contributed by atoms with van der Waals surface area (Å²) in [6.07, 6.45) is 3.08. The lowest BCUT2D eigenvalue weighted by Crippen LogP contribution is -2.25. The van der Waals surface area contributed by atoms with Crippen molar-refractivity contribution in [2.45, 2.75) is 59.7 Å². The minimum atomic E-state index is -1.00. The van der Waals surface area contributed by atoms with Crippen LogP contribution in [0.4, 0.5) is 0 Å². The maximum Gasteiger partial charge on any atom is 0.309 e. The number of aliphatic carboxylic acids is 1. The van der Waals surface area contributed by atoms with Crippen molar-refractivity contribution in [3.05, 3.63) is 30.5 Å². The molecule has 3 atom stereocenters. The van der Waals surface area contributed by atoms with Gasteiger partial charge in [0.05, 0.1) is 25.3 Å². The Labute approximate surface area is 175 Å². The zero-order valence-electron chi connectivity index (χ0n) is 18.6. The average Bonchev–Trinajstić information content (AvgIpc) is 2.67. The Morgan fingerprint density at radius 1 is 1.31 bits per heavy atom. The average molecular weight is 411 g/mol. The minimum Gasteiger partial charge on any atom is -0.489 e. The van der Waals surface area contributed by atoms with E-state index in [0.29, 0.717) is 17.4 Å². The first-order valence-electron chi connectivity index (χ1n) is 10.1. The number of aliphatic hydroxyl groups excluding tert-OH is 1. The molecule has 3 N–H and O–H groups in total. The molecule has 0 aliphatic rings. The maximum absolute atomic E-state index is 10.2. The van der Waals surface area contributed by atoms with Gasteiger partial charge in [-0.2, -0.15) is 0 Å². The highest BCUT2D eigenvalue weighted by Crippen LogP contribution is 2.19. The van der Waals surface area contributed by atoms with Gasteiger partial charge in [0.15, 0.2) is 0 Å². The summed E-state index contributed by atoms with van der Waals surface area (Å²) < 4.78 is 11.1. The molecule has 0 fully saturated rings. The van der Waals surface area contributed by atoms with Crippen LogP contribution in [0.5, 0.6) is 11.6 Å². The zero-order valence-corrected chi connectivity index (χ0v) is 18.6. The number of nitrogens with one attached hydrogen (secondary N) is 1. The van der Waals surface area contributed by atoms with E-state index in [4.69, 9.17) is 19.7 Å². The summed E-state index contributed by atoms with van der Waals surface area (Å²) in [6.45, 7) is 15.0. The topological polar surface area (TPSA) is 101 Å². The highest BCUT2D eigenvalue weighted by atomic mass is 16.5. The summed E-state index contributed by atoms with van der Waals surface area (Å²) in [5.41, 5.74) is 0.481. The molecule has 0 aliphatic carbocycles. The summed E-state index contributed by atoms with van der Waals surface area (Å²) in [4.78, 5) is 14.4. The number of rotatable bonds is 12. The van der Waals surface area contributed by atoms with E-state index in [9.17, 15) is 4.79 Å². The van der Waals surface area contributed by atoms with Gasteiger partial charge in [-0.1, -0.05) is 32.9 Å². The predicted octanol–water partition coefficient (Wildman–Crippen LogP) is 3.53. The SMILES string of the molecule is C=C(C)C(O)C(C)C(=O)O.CCNCCC(CC(C)C)Oc1ccc(OC)nc1. The molecule has 0 aliphatic heterocycles. The molecule has 1 aromatic rings. The molecular weight excluding hydrogens is 372 g/mol. The van der Waals surface area contributed by atoms with Crippen molar-refractivity contribution in [3.63, 3.8) is 0 Å². The van der Waals surface area contributed by atoms with Gasteiger partial charge in [-0.05, 0) is 51.8 Å². The molecule has 3 unspecified atom stereocenters. The number of carboxylic acid groups (broad SMARTS) is 1. The van der Waals surface area contributed by atoms with Gasteiger partial charge in [-0.25, -0.2) is 4.98 Å². The molecule has 1 aromatic heterocycles. The monoisotopic (exact) mass is 410 g/mol. The van der Waals surface area contributed by atoms with Gasteiger partial charge in [0.1, 0.15) is 11.9 Å². The van der Waals surface area contributed by atoms with Gasteiger partial charge >= 0.3 is 5.97 Å². The normalized spacial score (nSPS) is 13.7. The number of methoxy groups -OCH3 is 1. The fourth-order valence-corrected chi connectivity index (χ4v) is 2.50. The summed E-state index contributed by atoms with van der Waals surface area (Å²) >= 11 is 0. The molecule has 0 bridgehead atoms. The van der Waals surface area contributed by atoms with Crippen LogP contribution in [0.15, 0.2) is 30.5 Å². The first kappa shape index (κ1) is 26.9. The van der Waals surface area contributed by atoms with Crippen LogP contribution in [-0.2, 0) is 4.79 Å². The highest BCUT2D eigenvalue weighted by Gasteiger charge is 2.21. The standard InChI is InChI=1S/C15H26N2O2.C7H12O3/c1-5-16-9-8-13(10-12(2)3)19-14-6-7-15(18-4)17-11-14;1-4(2)6(8)5(3)7(9)10/h6-7,11-13,16H,5,8-10H2,1-4H3;5-6,8H,1H2,2-3H3,(H,9,10). The lowest BCUT2D eigenvalue weighted by atomic mass is 10.0. The van der Waals surface area contributed by atoms with Crippen molar-refractivity contribution in [2.75, 3.05) is 20.2 Å². The van der Waals surface area contributed by atoms with Crippen LogP contribution >= 0.6 is 0 Å². The Morgan fingerprint density at radius 2 is 1.97 bits per heavy atom. The predicted molar refractivity (Wildman–Crippen MR) is 115 cm³/mol. The molecular formula is C22H38N2O5. The molecule has 0 aromatic carbocycles. The number of hydrogen-bond donors (Lipinski definition) is 3. The van der Waals surface area contributed by atoms with Crippen LogP contribution in [0.1, 0.15) is 47.5 Å². The van der Waals surface area contributed by atoms with Gasteiger partial charge in [0.2, 0.25) is 5.88 Å². The summed E-state index contributed by atoms with van der Waals surface area (Å²) in [5, 5.41) is 20.8. The number of aromatic nitrogens is 1. The number of carbonyl (C=O) groups is 1. The van der Waals surface area contributed by atoms with Crippen molar-refractivity contribution in [2.24, 2.45) is 11.8 Å². The molecule has 0 spiro atoms. The lowest BCUT2D eigenvalue weighted by Gasteiger charge is -2.21. The van der Waals surface area contributed by atoms with E-state index >= 15 is 0 Å². The van der Waals surface area contributed by atoms with Gasteiger partial charge in [0.25, 0.3) is 0 Å². The van der Waals surface area contributed by atoms with Crippen molar-refractivity contribution < 1.29 is 24.5 Å². The Hall–Kier alpha value is -2.12. The number of ether oxygens (including phenoxy) is 2. The molecule has 166 valence electrons. The number of hydrogen-bond acceptors (Lipinski definition) is 6.